The number of fused-ring (bicyclic) bond motifs is 1. The number of rotatable bonds is 6. The van der Waals surface area contributed by atoms with Gasteiger partial charge in [0.05, 0.1) is 6.04 Å². The third kappa shape index (κ3) is 5.53. The molecule has 0 spiro atoms. The molecule has 3 aromatic rings. The van der Waals surface area contributed by atoms with Crippen molar-refractivity contribution >= 4 is 17.0 Å². The summed E-state index contributed by atoms with van der Waals surface area (Å²) < 4.78 is 1.75. The Labute approximate surface area is 189 Å². The first-order valence-electron chi connectivity index (χ1n) is 11.4. The number of aromatic nitrogens is 3. The lowest BCUT2D eigenvalue weighted by molar-refractivity contribution is 0.233. The van der Waals surface area contributed by atoms with Gasteiger partial charge in [0.2, 0.25) is 5.95 Å². The van der Waals surface area contributed by atoms with Gasteiger partial charge in [-0.2, -0.15) is 4.98 Å². The largest absolute Gasteiger partial charge is 0.348 e. The number of hydrogen-bond donors (Lipinski definition) is 2. The predicted molar refractivity (Wildman–Crippen MR) is 130 cm³/mol. The van der Waals surface area contributed by atoms with Crippen LogP contribution in [0.2, 0.25) is 0 Å². The molecule has 7 heteroatoms. The molecule has 0 radical (unpaired) electrons. The Kier molecular flexibility index (Phi) is 6.58. The number of nitrogens with one attached hydrogen (secondary N) is 2. The van der Waals surface area contributed by atoms with Crippen LogP contribution < -0.4 is 16.2 Å². The summed E-state index contributed by atoms with van der Waals surface area (Å²) in [6.45, 7) is 14.4. The highest BCUT2D eigenvalue weighted by Gasteiger charge is 2.16. The van der Waals surface area contributed by atoms with Crippen molar-refractivity contribution in [3.05, 3.63) is 64.1 Å². The molecule has 0 amide bonds. The van der Waals surface area contributed by atoms with E-state index < -0.39 is 0 Å². The maximum Gasteiger partial charge on any atom is 0.252 e. The summed E-state index contributed by atoms with van der Waals surface area (Å²) in [5.41, 5.74) is 3.11. The summed E-state index contributed by atoms with van der Waals surface area (Å²) in [5, 5.41) is 7.67. The third-order valence-corrected chi connectivity index (χ3v) is 5.80. The van der Waals surface area contributed by atoms with Gasteiger partial charge in [0.1, 0.15) is 5.65 Å². The lowest BCUT2D eigenvalue weighted by atomic mass is 9.97. The summed E-state index contributed by atoms with van der Waals surface area (Å²) in [5.74, 6) is 0.531. The fraction of sp³-hybridized carbons (Fsp3) is 0.480. The molecule has 0 bridgehead atoms. The molecule has 7 nitrogen and oxygen atoms in total. The Morgan fingerprint density at radius 1 is 1.09 bits per heavy atom. The first-order valence-corrected chi connectivity index (χ1v) is 11.4. The predicted octanol–water partition coefficient (Wildman–Crippen LogP) is 3.42. The molecule has 1 aromatic carbocycles. The van der Waals surface area contributed by atoms with Crippen LogP contribution in [-0.2, 0) is 13.1 Å². The van der Waals surface area contributed by atoms with Crippen molar-refractivity contribution in [2.75, 3.05) is 31.5 Å². The van der Waals surface area contributed by atoms with Crippen LogP contribution in [0.15, 0.2) is 47.4 Å². The molecule has 3 heterocycles. The fourth-order valence-electron chi connectivity index (χ4n) is 4.08. The zero-order valence-corrected chi connectivity index (χ0v) is 19.6. The van der Waals surface area contributed by atoms with Crippen molar-refractivity contribution in [3.8, 4) is 0 Å². The van der Waals surface area contributed by atoms with E-state index in [0.717, 1.165) is 38.1 Å². The van der Waals surface area contributed by atoms with E-state index in [-0.39, 0.29) is 17.0 Å². The second-order valence-electron chi connectivity index (χ2n) is 9.92. The minimum absolute atomic E-state index is 0.0314. The number of piperazine rings is 1. The van der Waals surface area contributed by atoms with Crippen LogP contribution in [-0.4, -0.2) is 45.6 Å². The molecule has 2 N–H and O–H groups in total. The molecular formula is C25H34N6O. The summed E-state index contributed by atoms with van der Waals surface area (Å²) in [4.78, 5) is 24.2. The van der Waals surface area contributed by atoms with Crippen molar-refractivity contribution in [1.82, 2.24) is 24.8 Å². The monoisotopic (exact) mass is 434 g/mol. The Hall–Kier alpha value is -2.77. The van der Waals surface area contributed by atoms with Crippen LogP contribution in [0.1, 0.15) is 44.9 Å². The summed E-state index contributed by atoms with van der Waals surface area (Å²) >= 11 is 0. The van der Waals surface area contributed by atoms with E-state index in [4.69, 9.17) is 4.98 Å². The SMILES string of the molecule is CC(Nc1ncc2ccc(=O)n(CC(C)(C)C)c2n1)c1ccc(CN2CCNCC2)cc1. The number of pyridine rings is 1. The van der Waals surface area contributed by atoms with Crippen LogP contribution in [0.25, 0.3) is 11.0 Å². The third-order valence-electron chi connectivity index (χ3n) is 5.80. The van der Waals surface area contributed by atoms with Gasteiger partial charge in [0.25, 0.3) is 5.56 Å². The zero-order valence-electron chi connectivity index (χ0n) is 19.6. The van der Waals surface area contributed by atoms with Gasteiger partial charge in [-0.1, -0.05) is 45.0 Å². The van der Waals surface area contributed by atoms with Crippen LogP contribution in [0, 0.1) is 5.41 Å². The highest BCUT2D eigenvalue weighted by molar-refractivity contribution is 5.75. The number of hydrogen-bond acceptors (Lipinski definition) is 6. The average Bonchev–Trinajstić information content (AvgIpc) is 2.76. The lowest BCUT2D eigenvalue weighted by Gasteiger charge is -2.27. The van der Waals surface area contributed by atoms with Gasteiger partial charge in [0, 0.05) is 56.9 Å². The Morgan fingerprint density at radius 2 is 1.81 bits per heavy atom. The molecule has 1 saturated heterocycles. The number of anilines is 1. The Morgan fingerprint density at radius 3 is 2.50 bits per heavy atom. The molecule has 0 saturated carbocycles. The van der Waals surface area contributed by atoms with Crippen LogP contribution in [0.5, 0.6) is 0 Å². The van der Waals surface area contributed by atoms with Gasteiger partial charge in [-0.05, 0) is 29.5 Å². The van der Waals surface area contributed by atoms with Crippen molar-refractivity contribution in [2.45, 2.75) is 46.8 Å². The molecule has 0 aliphatic carbocycles. The van der Waals surface area contributed by atoms with Gasteiger partial charge in [0.15, 0.2) is 0 Å². The molecule has 4 rings (SSSR count). The first-order chi connectivity index (χ1) is 15.3. The van der Waals surface area contributed by atoms with Crippen molar-refractivity contribution in [3.63, 3.8) is 0 Å². The molecule has 1 unspecified atom stereocenters. The molecule has 1 aliphatic rings. The maximum atomic E-state index is 12.5. The average molecular weight is 435 g/mol. The highest BCUT2D eigenvalue weighted by Crippen LogP contribution is 2.21. The Balaban J connectivity index is 1.50. The maximum absolute atomic E-state index is 12.5. The molecule has 170 valence electrons. The van der Waals surface area contributed by atoms with Crippen LogP contribution >= 0.6 is 0 Å². The minimum atomic E-state index is -0.0369. The molecular weight excluding hydrogens is 400 g/mol. The summed E-state index contributed by atoms with van der Waals surface area (Å²) in [7, 11) is 0. The molecule has 1 aliphatic heterocycles. The second kappa shape index (κ2) is 9.38. The van der Waals surface area contributed by atoms with E-state index >= 15 is 0 Å². The second-order valence-corrected chi connectivity index (χ2v) is 9.92. The van der Waals surface area contributed by atoms with Crippen molar-refractivity contribution < 1.29 is 0 Å². The van der Waals surface area contributed by atoms with E-state index in [1.165, 1.54) is 11.1 Å². The normalized spacial score (nSPS) is 16.2. The lowest BCUT2D eigenvalue weighted by Crippen LogP contribution is -2.42. The van der Waals surface area contributed by atoms with Gasteiger partial charge in [-0.25, -0.2) is 4.98 Å². The minimum Gasteiger partial charge on any atom is -0.348 e. The van der Waals surface area contributed by atoms with Gasteiger partial charge >= 0.3 is 0 Å². The van der Waals surface area contributed by atoms with E-state index in [0.29, 0.717) is 18.1 Å². The fourth-order valence-corrected chi connectivity index (χ4v) is 4.08. The van der Waals surface area contributed by atoms with Gasteiger partial charge in [-0.3, -0.25) is 14.3 Å². The molecule has 1 atom stereocenters. The van der Waals surface area contributed by atoms with Crippen molar-refractivity contribution in [2.24, 2.45) is 5.41 Å². The van der Waals surface area contributed by atoms with E-state index in [9.17, 15) is 4.79 Å². The first kappa shape index (κ1) is 22.4. The highest BCUT2D eigenvalue weighted by atomic mass is 16.1. The summed E-state index contributed by atoms with van der Waals surface area (Å²) in [6, 6.07) is 12.2. The number of nitrogens with zero attached hydrogens (tertiary/aromatic N) is 4. The number of benzene rings is 1. The molecule has 32 heavy (non-hydrogen) atoms. The van der Waals surface area contributed by atoms with Crippen LogP contribution in [0.4, 0.5) is 5.95 Å². The molecule has 2 aromatic heterocycles. The van der Waals surface area contributed by atoms with Crippen LogP contribution in [0.3, 0.4) is 0 Å². The van der Waals surface area contributed by atoms with E-state index in [1.54, 1.807) is 22.9 Å². The van der Waals surface area contributed by atoms with Crippen molar-refractivity contribution in [1.29, 1.82) is 0 Å². The molecule has 1 fully saturated rings. The smallest absolute Gasteiger partial charge is 0.252 e. The standard InChI is InChI=1S/C25H34N6O/c1-18(20-7-5-19(6-8-20)16-30-13-11-26-12-14-30)28-24-27-15-21-9-10-22(32)31(23(21)29-24)17-25(2,3)4/h5-10,15,18,26H,11-14,16-17H2,1-4H3,(H,27,28,29). The topological polar surface area (TPSA) is 75.1 Å². The van der Waals surface area contributed by atoms with Gasteiger partial charge in [-0.15, -0.1) is 0 Å². The summed E-state index contributed by atoms with van der Waals surface area (Å²) in [6.07, 6.45) is 1.78. The Bertz CT molecular complexity index is 1110. The van der Waals surface area contributed by atoms with E-state index in [2.05, 4.69) is 72.5 Å². The zero-order chi connectivity index (χ0) is 22.7. The van der Waals surface area contributed by atoms with Gasteiger partial charge < -0.3 is 10.6 Å². The quantitative estimate of drug-likeness (QED) is 0.619. The van der Waals surface area contributed by atoms with E-state index in [1.807, 2.05) is 0 Å².